The van der Waals surface area contributed by atoms with Crippen LogP contribution in [0.2, 0.25) is 0 Å². The fourth-order valence-electron chi connectivity index (χ4n) is 2.86. The molecule has 2 N–H and O–H groups in total. The summed E-state index contributed by atoms with van der Waals surface area (Å²) >= 11 is 0. The normalized spacial score (nSPS) is 21.8. The molecule has 0 unspecified atom stereocenters. The molecule has 0 amide bonds. The van der Waals surface area contributed by atoms with Gasteiger partial charge < -0.3 is 10.2 Å². The largest absolute Gasteiger partial charge is 0.309 e. The van der Waals surface area contributed by atoms with Crippen LogP contribution >= 0.6 is 0 Å². The van der Waals surface area contributed by atoms with Crippen molar-refractivity contribution < 1.29 is 0 Å². The SMILES string of the molecule is CCN1CCC[C@@H](NCc2cn[nH]c2C(C)(C)C)C1. The van der Waals surface area contributed by atoms with E-state index < -0.39 is 0 Å². The molecule has 4 nitrogen and oxygen atoms in total. The monoisotopic (exact) mass is 264 g/mol. The van der Waals surface area contributed by atoms with Crippen molar-refractivity contribution in [3.63, 3.8) is 0 Å². The third kappa shape index (κ3) is 3.80. The van der Waals surface area contributed by atoms with Crippen molar-refractivity contribution in [3.8, 4) is 0 Å². The van der Waals surface area contributed by atoms with Crippen molar-refractivity contribution in [3.05, 3.63) is 17.5 Å². The highest BCUT2D eigenvalue weighted by Gasteiger charge is 2.22. The molecular weight excluding hydrogens is 236 g/mol. The van der Waals surface area contributed by atoms with Crippen LogP contribution in [0.3, 0.4) is 0 Å². The van der Waals surface area contributed by atoms with E-state index in [1.54, 1.807) is 0 Å². The Kier molecular flexibility index (Phi) is 4.63. The van der Waals surface area contributed by atoms with Gasteiger partial charge in [-0.25, -0.2) is 0 Å². The number of likely N-dealkylation sites (tertiary alicyclic amines) is 1. The second-order valence-corrected chi connectivity index (χ2v) is 6.63. The topological polar surface area (TPSA) is 44.0 Å². The molecule has 0 saturated carbocycles. The van der Waals surface area contributed by atoms with Gasteiger partial charge in [-0.15, -0.1) is 0 Å². The molecule has 0 bridgehead atoms. The van der Waals surface area contributed by atoms with E-state index in [2.05, 4.69) is 48.1 Å². The first-order valence-electron chi connectivity index (χ1n) is 7.49. The predicted octanol–water partition coefficient (Wildman–Crippen LogP) is 2.28. The lowest BCUT2D eigenvalue weighted by Crippen LogP contribution is -2.45. The van der Waals surface area contributed by atoms with Gasteiger partial charge in [0.25, 0.3) is 0 Å². The lowest BCUT2D eigenvalue weighted by atomic mass is 9.89. The van der Waals surface area contributed by atoms with E-state index in [1.807, 2.05) is 6.20 Å². The second kappa shape index (κ2) is 6.06. The quantitative estimate of drug-likeness (QED) is 0.877. The number of rotatable bonds is 4. The van der Waals surface area contributed by atoms with Crippen molar-refractivity contribution in [2.45, 2.75) is 58.5 Å². The molecule has 1 atom stereocenters. The van der Waals surface area contributed by atoms with E-state index in [-0.39, 0.29) is 5.41 Å². The maximum atomic E-state index is 4.21. The number of likely N-dealkylation sites (N-methyl/N-ethyl adjacent to an activating group) is 1. The van der Waals surface area contributed by atoms with Gasteiger partial charge in [0, 0.05) is 35.8 Å². The highest BCUT2D eigenvalue weighted by molar-refractivity contribution is 5.23. The van der Waals surface area contributed by atoms with Gasteiger partial charge in [0.05, 0.1) is 6.20 Å². The van der Waals surface area contributed by atoms with Gasteiger partial charge in [-0.2, -0.15) is 5.10 Å². The van der Waals surface area contributed by atoms with Crippen molar-refractivity contribution in [2.75, 3.05) is 19.6 Å². The number of aromatic amines is 1. The van der Waals surface area contributed by atoms with E-state index in [0.29, 0.717) is 6.04 Å². The highest BCUT2D eigenvalue weighted by atomic mass is 15.2. The summed E-state index contributed by atoms with van der Waals surface area (Å²) in [6, 6.07) is 0.622. The van der Waals surface area contributed by atoms with E-state index >= 15 is 0 Å². The average molecular weight is 264 g/mol. The van der Waals surface area contributed by atoms with Crippen LogP contribution in [-0.2, 0) is 12.0 Å². The first-order chi connectivity index (χ1) is 9.00. The molecule has 1 aromatic heterocycles. The Balaban J connectivity index is 1.90. The molecule has 1 fully saturated rings. The minimum Gasteiger partial charge on any atom is -0.309 e. The van der Waals surface area contributed by atoms with E-state index in [4.69, 9.17) is 0 Å². The summed E-state index contributed by atoms with van der Waals surface area (Å²) < 4.78 is 0. The van der Waals surface area contributed by atoms with Crippen molar-refractivity contribution >= 4 is 0 Å². The van der Waals surface area contributed by atoms with Gasteiger partial charge in [-0.3, -0.25) is 5.10 Å². The minimum absolute atomic E-state index is 0.134. The van der Waals surface area contributed by atoms with Crippen LogP contribution in [0.5, 0.6) is 0 Å². The van der Waals surface area contributed by atoms with Crippen LogP contribution in [-0.4, -0.2) is 40.8 Å². The van der Waals surface area contributed by atoms with Gasteiger partial charge in [0.15, 0.2) is 0 Å². The molecule has 4 heteroatoms. The van der Waals surface area contributed by atoms with Crippen LogP contribution in [0.4, 0.5) is 0 Å². The third-order valence-electron chi connectivity index (χ3n) is 4.00. The van der Waals surface area contributed by atoms with Gasteiger partial charge in [-0.1, -0.05) is 27.7 Å². The Bertz CT molecular complexity index is 391. The van der Waals surface area contributed by atoms with Crippen LogP contribution < -0.4 is 5.32 Å². The summed E-state index contributed by atoms with van der Waals surface area (Å²) in [5, 5.41) is 11.1. The van der Waals surface area contributed by atoms with Crippen LogP contribution in [0.25, 0.3) is 0 Å². The summed E-state index contributed by atoms with van der Waals surface area (Å²) in [5.74, 6) is 0. The smallest absolute Gasteiger partial charge is 0.0535 e. The van der Waals surface area contributed by atoms with Crippen LogP contribution in [0, 0.1) is 0 Å². The Morgan fingerprint density at radius 1 is 1.47 bits per heavy atom. The fourth-order valence-corrected chi connectivity index (χ4v) is 2.86. The molecule has 1 aliphatic rings. The Morgan fingerprint density at radius 3 is 2.95 bits per heavy atom. The minimum atomic E-state index is 0.134. The Morgan fingerprint density at radius 2 is 2.26 bits per heavy atom. The average Bonchev–Trinajstić information content (AvgIpc) is 2.85. The Hall–Kier alpha value is -0.870. The van der Waals surface area contributed by atoms with Crippen LogP contribution in [0.1, 0.15) is 51.8 Å². The molecule has 1 aliphatic heterocycles. The predicted molar refractivity (Wildman–Crippen MR) is 79.3 cm³/mol. The summed E-state index contributed by atoms with van der Waals surface area (Å²) in [4.78, 5) is 2.53. The van der Waals surface area contributed by atoms with Crippen molar-refractivity contribution in [2.24, 2.45) is 0 Å². The molecule has 0 radical (unpaired) electrons. The van der Waals surface area contributed by atoms with Crippen molar-refractivity contribution in [1.82, 2.24) is 20.4 Å². The molecule has 2 rings (SSSR count). The zero-order valence-electron chi connectivity index (χ0n) is 12.8. The maximum absolute atomic E-state index is 4.21. The first-order valence-corrected chi connectivity index (χ1v) is 7.49. The molecule has 19 heavy (non-hydrogen) atoms. The van der Waals surface area contributed by atoms with Gasteiger partial charge >= 0.3 is 0 Å². The van der Waals surface area contributed by atoms with Gasteiger partial charge in [0.2, 0.25) is 0 Å². The number of H-pyrrole nitrogens is 1. The molecule has 0 spiro atoms. The maximum Gasteiger partial charge on any atom is 0.0535 e. The number of nitrogens with zero attached hydrogens (tertiary/aromatic N) is 2. The standard InChI is InChI=1S/C15H28N4/c1-5-19-8-6-7-13(11-19)16-9-12-10-17-18-14(12)15(2,3)4/h10,13,16H,5-9,11H2,1-4H3,(H,17,18)/t13-/m1/s1. The summed E-state index contributed by atoms with van der Waals surface area (Å²) in [7, 11) is 0. The molecule has 0 aromatic carbocycles. The molecule has 0 aliphatic carbocycles. The highest BCUT2D eigenvalue weighted by Crippen LogP contribution is 2.23. The molecule has 2 heterocycles. The van der Waals surface area contributed by atoms with Crippen molar-refractivity contribution in [1.29, 1.82) is 0 Å². The summed E-state index contributed by atoms with van der Waals surface area (Å²) in [6.07, 6.45) is 4.57. The second-order valence-electron chi connectivity index (χ2n) is 6.63. The van der Waals surface area contributed by atoms with Gasteiger partial charge in [-0.05, 0) is 25.9 Å². The molecule has 108 valence electrons. The molecule has 1 saturated heterocycles. The zero-order chi connectivity index (χ0) is 13.9. The number of aromatic nitrogens is 2. The lowest BCUT2D eigenvalue weighted by molar-refractivity contribution is 0.198. The Labute approximate surface area is 117 Å². The van der Waals surface area contributed by atoms with Gasteiger partial charge in [0.1, 0.15) is 0 Å². The number of hydrogen-bond acceptors (Lipinski definition) is 3. The van der Waals surface area contributed by atoms with Crippen LogP contribution in [0.15, 0.2) is 6.20 Å². The fraction of sp³-hybridized carbons (Fsp3) is 0.800. The van der Waals surface area contributed by atoms with E-state index in [9.17, 15) is 0 Å². The number of hydrogen-bond donors (Lipinski definition) is 2. The third-order valence-corrected chi connectivity index (χ3v) is 4.00. The zero-order valence-corrected chi connectivity index (χ0v) is 12.8. The molecule has 1 aromatic rings. The number of nitrogens with one attached hydrogen (secondary N) is 2. The molecular formula is C15H28N4. The summed E-state index contributed by atoms with van der Waals surface area (Å²) in [5.41, 5.74) is 2.69. The first kappa shape index (κ1) is 14.5. The summed E-state index contributed by atoms with van der Waals surface area (Å²) in [6.45, 7) is 13.4. The van der Waals surface area contributed by atoms with E-state index in [1.165, 1.54) is 37.2 Å². The lowest BCUT2D eigenvalue weighted by Gasteiger charge is -2.32. The van der Waals surface area contributed by atoms with E-state index in [0.717, 1.165) is 13.1 Å². The number of piperidine rings is 1.